The summed E-state index contributed by atoms with van der Waals surface area (Å²) in [7, 11) is 6.70. The first kappa shape index (κ1) is 39.8. The van der Waals surface area contributed by atoms with Gasteiger partial charge in [-0.1, -0.05) is 12.2 Å². The molecule has 2 aliphatic carbocycles. The van der Waals surface area contributed by atoms with E-state index in [0.717, 1.165) is 79.4 Å². The summed E-state index contributed by atoms with van der Waals surface area (Å²) in [5, 5.41) is 14.5. The first-order chi connectivity index (χ1) is 27.0. The minimum absolute atomic E-state index is 0.319. The molecule has 2 aliphatic rings. The van der Waals surface area contributed by atoms with Gasteiger partial charge in [0.05, 0.1) is 41.7 Å². The van der Waals surface area contributed by atoms with Crippen molar-refractivity contribution in [3.8, 4) is 23.0 Å². The van der Waals surface area contributed by atoms with Crippen LogP contribution in [0, 0.1) is 27.7 Å². The summed E-state index contributed by atoms with van der Waals surface area (Å²) in [5.41, 5.74) is 8.51. The highest BCUT2D eigenvalue weighted by Gasteiger charge is 2.33. The van der Waals surface area contributed by atoms with Gasteiger partial charge in [0.15, 0.2) is 11.4 Å². The molecule has 0 heterocycles. The highest BCUT2D eigenvalue weighted by Crippen LogP contribution is 2.34. The normalized spacial score (nSPS) is 18.7. The predicted molar refractivity (Wildman–Crippen MR) is 226 cm³/mol. The molecular weight excluding hydrogens is 705 g/mol. The number of hydrogen-bond acceptors (Lipinski definition) is 10. The molecule has 2 atom stereocenters. The van der Waals surface area contributed by atoms with Crippen LogP contribution in [-0.4, -0.2) is 53.1 Å². The first-order valence-electron chi connectivity index (χ1n) is 18.8. The van der Waals surface area contributed by atoms with E-state index in [9.17, 15) is 0 Å². The third kappa shape index (κ3) is 9.69. The van der Waals surface area contributed by atoms with Crippen LogP contribution in [0.4, 0.5) is 22.7 Å². The van der Waals surface area contributed by atoms with E-state index in [-0.39, 0.29) is 0 Å². The molecule has 10 nitrogen and oxygen atoms in total. The monoisotopic (exact) mass is 758 g/mol. The topological polar surface area (TPSA) is 104 Å². The van der Waals surface area contributed by atoms with Gasteiger partial charge in [0, 0.05) is 47.0 Å². The van der Waals surface area contributed by atoms with Gasteiger partial charge < -0.3 is 49.7 Å². The minimum atomic E-state index is -0.828. The van der Waals surface area contributed by atoms with Crippen LogP contribution in [0.2, 0.25) is 0 Å². The summed E-state index contributed by atoms with van der Waals surface area (Å²) < 4.78 is 35.3. The Morgan fingerprint density at radius 1 is 0.464 bits per heavy atom. The number of benzene rings is 4. The SMILES string of the molecule is COc1ccc(NC2=CCC(Nc3ccc(OC)cc3C)(OCCOC3(Nc4ccc(OC)cc4C)C=CC(Nc4ccc(OC)cc4C)=CC3)C=C2)c(C)c1. The number of ether oxygens (including phenoxy) is 6. The van der Waals surface area contributed by atoms with E-state index in [0.29, 0.717) is 26.1 Å². The molecule has 0 aromatic heterocycles. The van der Waals surface area contributed by atoms with E-state index in [1.165, 1.54) is 0 Å². The van der Waals surface area contributed by atoms with E-state index < -0.39 is 11.4 Å². The predicted octanol–water partition coefficient (Wildman–Crippen LogP) is 9.82. The molecular formula is C46H54N4O6. The van der Waals surface area contributed by atoms with Gasteiger partial charge in [0.1, 0.15) is 23.0 Å². The minimum Gasteiger partial charge on any atom is -0.497 e. The molecule has 4 N–H and O–H groups in total. The largest absolute Gasteiger partial charge is 0.497 e. The first-order valence-corrected chi connectivity index (χ1v) is 18.8. The lowest BCUT2D eigenvalue weighted by Gasteiger charge is -2.37. The summed E-state index contributed by atoms with van der Waals surface area (Å²) in [6.45, 7) is 8.88. The number of aryl methyl sites for hydroxylation is 4. The van der Waals surface area contributed by atoms with Gasteiger partial charge in [-0.15, -0.1) is 0 Å². The van der Waals surface area contributed by atoms with Crippen LogP contribution in [0.25, 0.3) is 0 Å². The molecule has 10 heteroatoms. The summed E-state index contributed by atoms with van der Waals surface area (Å²) in [5.74, 6) is 3.25. The standard InChI is InChI=1S/C46H54N4O6/c1-31-27-37(51-5)9-13-41(31)47-35-17-21-45(22-18-35,49-43-15-11-39(53-7)29-33(43)3)55-25-26-56-46(50-44-16-12-40(54-8)30-34(44)4)23-19-36(20-24-46)48-42-14-10-38(52-6)28-32(42)2/h9-21,23,27-30,47-50H,22,24-26H2,1-8H3. The maximum absolute atomic E-state index is 6.76. The summed E-state index contributed by atoms with van der Waals surface area (Å²) in [4.78, 5) is 0. The van der Waals surface area contributed by atoms with Crippen LogP contribution >= 0.6 is 0 Å². The van der Waals surface area contributed by atoms with Crippen molar-refractivity contribution in [1.29, 1.82) is 0 Å². The molecule has 0 radical (unpaired) electrons. The second-order valence-corrected chi connectivity index (χ2v) is 14.1. The fraction of sp³-hybridized carbons (Fsp3) is 0.304. The molecule has 6 rings (SSSR count). The lowest BCUT2D eigenvalue weighted by Crippen LogP contribution is -2.44. The third-order valence-corrected chi connectivity index (χ3v) is 10.1. The van der Waals surface area contributed by atoms with E-state index in [2.05, 4.69) is 85.4 Å². The van der Waals surface area contributed by atoms with E-state index in [4.69, 9.17) is 28.4 Å². The highest BCUT2D eigenvalue weighted by molar-refractivity contribution is 5.62. The number of nitrogens with one attached hydrogen (secondary N) is 4. The molecule has 4 aromatic carbocycles. The van der Waals surface area contributed by atoms with Crippen molar-refractivity contribution in [3.05, 3.63) is 143 Å². The summed E-state index contributed by atoms with van der Waals surface area (Å²) >= 11 is 0. The Bertz CT molecular complexity index is 1990. The van der Waals surface area contributed by atoms with Crippen LogP contribution < -0.4 is 40.2 Å². The summed E-state index contributed by atoms with van der Waals surface area (Å²) in [6, 6.07) is 24.0. The molecule has 2 unspecified atom stereocenters. The van der Waals surface area contributed by atoms with Crippen LogP contribution in [0.3, 0.4) is 0 Å². The zero-order valence-corrected chi connectivity index (χ0v) is 33.7. The fourth-order valence-corrected chi connectivity index (χ4v) is 6.73. The van der Waals surface area contributed by atoms with Crippen molar-refractivity contribution in [2.75, 3.05) is 62.9 Å². The number of methoxy groups -OCH3 is 4. The second-order valence-electron chi connectivity index (χ2n) is 14.1. The van der Waals surface area contributed by atoms with Crippen LogP contribution in [0.1, 0.15) is 35.1 Å². The maximum Gasteiger partial charge on any atom is 0.162 e. The van der Waals surface area contributed by atoms with E-state index in [1.807, 2.05) is 72.8 Å². The quantitative estimate of drug-likeness (QED) is 0.0615. The molecule has 56 heavy (non-hydrogen) atoms. The van der Waals surface area contributed by atoms with Gasteiger partial charge in [-0.3, -0.25) is 0 Å². The number of rotatable bonds is 17. The Morgan fingerprint density at radius 2 is 0.786 bits per heavy atom. The smallest absolute Gasteiger partial charge is 0.162 e. The van der Waals surface area contributed by atoms with Crippen molar-refractivity contribution in [1.82, 2.24) is 0 Å². The Balaban J connectivity index is 1.19. The zero-order chi connectivity index (χ0) is 39.7. The van der Waals surface area contributed by atoms with Gasteiger partial charge in [-0.2, -0.15) is 0 Å². The maximum atomic E-state index is 6.76. The number of allylic oxidation sites excluding steroid dienone is 2. The van der Waals surface area contributed by atoms with Gasteiger partial charge in [0.25, 0.3) is 0 Å². The van der Waals surface area contributed by atoms with Crippen LogP contribution in [0.5, 0.6) is 23.0 Å². The molecule has 0 aliphatic heterocycles. The van der Waals surface area contributed by atoms with Crippen LogP contribution in [-0.2, 0) is 9.47 Å². The molecule has 294 valence electrons. The molecule has 4 aromatic rings. The molecule has 0 saturated carbocycles. The molecule has 0 amide bonds. The average molecular weight is 759 g/mol. The number of hydrogen-bond donors (Lipinski definition) is 4. The third-order valence-electron chi connectivity index (χ3n) is 10.1. The van der Waals surface area contributed by atoms with Gasteiger partial charge >= 0.3 is 0 Å². The van der Waals surface area contributed by atoms with Crippen LogP contribution in [0.15, 0.2) is 121 Å². The molecule has 0 bridgehead atoms. The van der Waals surface area contributed by atoms with Gasteiger partial charge in [-0.05, 0) is 147 Å². The fourth-order valence-electron chi connectivity index (χ4n) is 6.73. The van der Waals surface area contributed by atoms with Crippen molar-refractivity contribution in [2.45, 2.75) is 52.0 Å². The Labute approximate surface area is 331 Å². The van der Waals surface area contributed by atoms with Crippen molar-refractivity contribution in [3.63, 3.8) is 0 Å². The van der Waals surface area contributed by atoms with E-state index in [1.54, 1.807) is 28.4 Å². The Hall–Kier alpha value is -5.84. The lowest BCUT2D eigenvalue weighted by molar-refractivity contribution is -0.0571. The lowest BCUT2D eigenvalue weighted by atomic mass is 10.00. The molecule has 0 spiro atoms. The Kier molecular flexibility index (Phi) is 12.6. The Morgan fingerprint density at radius 3 is 1.05 bits per heavy atom. The average Bonchev–Trinajstić information content (AvgIpc) is 3.21. The van der Waals surface area contributed by atoms with Gasteiger partial charge in [-0.25, -0.2) is 0 Å². The highest BCUT2D eigenvalue weighted by atomic mass is 16.6. The van der Waals surface area contributed by atoms with E-state index >= 15 is 0 Å². The van der Waals surface area contributed by atoms with Crippen molar-refractivity contribution < 1.29 is 28.4 Å². The van der Waals surface area contributed by atoms with Gasteiger partial charge in [0.2, 0.25) is 0 Å². The summed E-state index contributed by atoms with van der Waals surface area (Å²) in [6.07, 6.45) is 13.7. The number of anilines is 4. The zero-order valence-electron chi connectivity index (χ0n) is 33.7. The molecule has 0 fully saturated rings. The van der Waals surface area contributed by atoms with Crippen molar-refractivity contribution >= 4 is 22.7 Å². The second kappa shape index (κ2) is 17.7. The molecule has 0 saturated heterocycles. The van der Waals surface area contributed by atoms with Crippen molar-refractivity contribution in [2.24, 2.45) is 0 Å².